The molecule has 12 heavy (non-hydrogen) atoms. The summed E-state index contributed by atoms with van der Waals surface area (Å²) < 4.78 is 5.31. The van der Waals surface area contributed by atoms with Gasteiger partial charge >= 0.3 is 0 Å². The summed E-state index contributed by atoms with van der Waals surface area (Å²) in [5.41, 5.74) is 0. The van der Waals surface area contributed by atoms with E-state index in [4.69, 9.17) is 4.74 Å². The molecule has 1 heterocycles. The molecule has 0 spiro atoms. The van der Waals surface area contributed by atoms with Gasteiger partial charge in [0.2, 0.25) is 0 Å². The molecule has 2 heteroatoms. The second-order valence-corrected chi connectivity index (χ2v) is 3.62. The van der Waals surface area contributed by atoms with Crippen molar-refractivity contribution in [3.63, 3.8) is 0 Å². The first-order valence-electron chi connectivity index (χ1n) is 5.22. The molecule has 1 atom stereocenters. The Hall–Kier alpha value is -0.0800. The molecule has 1 aliphatic rings. The molecule has 0 aromatic rings. The van der Waals surface area contributed by atoms with E-state index in [0.29, 0.717) is 0 Å². The number of ether oxygens (including phenoxy) is 1. The van der Waals surface area contributed by atoms with Crippen LogP contribution in [0.5, 0.6) is 0 Å². The fraction of sp³-hybridized carbons (Fsp3) is 1.00. The molecule has 0 aliphatic carbocycles. The second kappa shape index (κ2) is 6.44. The van der Waals surface area contributed by atoms with Crippen molar-refractivity contribution in [3.8, 4) is 0 Å². The molecule has 2 nitrogen and oxygen atoms in total. The smallest absolute Gasteiger partial charge is 0.0495 e. The van der Waals surface area contributed by atoms with Crippen molar-refractivity contribution in [2.24, 2.45) is 5.92 Å². The van der Waals surface area contributed by atoms with Gasteiger partial charge in [-0.3, -0.25) is 0 Å². The normalized spacial score (nSPS) is 23.2. The third-order valence-corrected chi connectivity index (χ3v) is 2.42. The maximum absolute atomic E-state index is 5.31. The summed E-state index contributed by atoms with van der Waals surface area (Å²) in [5, 5.41) is 3.42. The quantitative estimate of drug-likeness (QED) is 0.615. The predicted octanol–water partition coefficient (Wildman–Crippen LogP) is 1.80. The first-order chi connectivity index (χ1) is 5.93. The first kappa shape index (κ1) is 10.0. The molecule has 1 saturated heterocycles. The van der Waals surface area contributed by atoms with E-state index < -0.39 is 0 Å². The molecule has 0 amide bonds. The number of nitrogens with one attached hydrogen (secondary N) is 1. The van der Waals surface area contributed by atoms with Crippen LogP contribution in [0.1, 0.15) is 32.6 Å². The standard InChI is InChI=1S/C10H21NO/c1-2-6-11-7-3-4-10-5-8-12-9-10/h10-11H,2-9H2,1H3. The van der Waals surface area contributed by atoms with Gasteiger partial charge in [0, 0.05) is 13.2 Å². The lowest BCUT2D eigenvalue weighted by Crippen LogP contribution is -2.16. The summed E-state index contributed by atoms with van der Waals surface area (Å²) in [6, 6.07) is 0. The largest absolute Gasteiger partial charge is 0.381 e. The molecule has 1 N–H and O–H groups in total. The van der Waals surface area contributed by atoms with Gasteiger partial charge in [-0.05, 0) is 44.7 Å². The van der Waals surface area contributed by atoms with E-state index in [0.717, 1.165) is 19.1 Å². The number of hydrogen-bond acceptors (Lipinski definition) is 2. The molecule has 0 aromatic carbocycles. The van der Waals surface area contributed by atoms with Gasteiger partial charge in [0.1, 0.15) is 0 Å². The molecular formula is C10H21NO. The Bertz CT molecular complexity index is 100. The summed E-state index contributed by atoms with van der Waals surface area (Å²) in [4.78, 5) is 0. The van der Waals surface area contributed by atoms with Crippen LogP contribution >= 0.6 is 0 Å². The zero-order valence-corrected chi connectivity index (χ0v) is 8.14. The van der Waals surface area contributed by atoms with Crippen molar-refractivity contribution in [2.75, 3.05) is 26.3 Å². The van der Waals surface area contributed by atoms with E-state index in [1.165, 1.54) is 38.8 Å². The Kier molecular flexibility index (Phi) is 5.37. The molecule has 0 aromatic heterocycles. The average molecular weight is 171 g/mol. The van der Waals surface area contributed by atoms with E-state index >= 15 is 0 Å². The minimum Gasteiger partial charge on any atom is -0.381 e. The molecule has 1 unspecified atom stereocenters. The topological polar surface area (TPSA) is 21.3 Å². The molecule has 0 radical (unpaired) electrons. The van der Waals surface area contributed by atoms with Crippen molar-refractivity contribution >= 4 is 0 Å². The van der Waals surface area contributed by atoms with Crippen LogP contribution in [0, 0.1) is 5.92 Å². The summed E-state index contributed by atoms with van der Waals surface area (Å²) in [6.45, 7) is 6.56. The third-order valence-electron chi connectivity index (χ3n) is 2.42. The zero-order chi connectivity index (χ0) is 8.65. The molecule has 1 fully saturated rings. The van der Waals surface area contributed by atoms with Gasteiger partial charge in [0.25, 0.3) is 0 Å². The third kappa shape index (κ3) is 4.07. The van der Waals surface area contributed by atoms with Crippen LogP contribution < -0.4 is 5.32 Å². The lowest BCUT2D eigenvalue weighted by Gasteiger charge is -2.07. The van der Waals surface area contributed by atoms with E-state index in [2.05, 4.69) is 12.2 Å². The lowest BCUT2D eigenvalue weighted by atomic mass is 10.0. The predicted molar refractivity (Wildman–Crippen MR) is 51.3 cm³/mol. The van der Waals surface area contributed by atoms with Crippen LogP contribution in [-0.4, -0.2) is 26.3 Å². The van der Waals surface area contributed by atoms with Crippen molar-refractivity contribution in [2.45, 2.75) is 32.6 Å². The minimum atomic E-state index is 0.855. The van der Waals surface area contributed by atoms with Crippen LogP contribution in [0.25, 0.3) is 0 Å². The molecule has 1 aliphatic heterocycles. The minimum absolute atomic E-state index is 0.855. The summed E-state index contributed by atoms with van der Waals surface area (Å²) in [6.07, 6.45) is 5.19. The van der Waals surface area contributed by atoms with Gasteiger partial charge in [-0.15, -0.1) is 0 Å². The van der Waals surface area contributed by atoms with Gasteiger partial charge in [0.05, 0.1) is 0 Å². The molecule has 0 bridgehead atoms. The summed E-state index contributed by atoms with van der Waals surface area (Å²) >= 11 is 0. The average Bonchev–Trinajstić information content (AvgIpc) is 2.57. The Morgan fingerprint density at radius 1 is 1.42 bits per heavy atom. The highest BCUT2D eigenvalue weighted by atomic mass is 16.5. The highest BCUT2D eigenvalue weighted by Gasteiger charge is 2.14. The van der Waals surface area contributed by atoms with E-state index in [9.17, 15) is 0 Å². The highest BCUT2D eigenvalue weighted by Crippen LogP contribution is 2.17. The zero-order valence-electron chi connectivity index (χ0n) is 8.14. The van der Waals surface area contributed by atoms with Crippen LogP contribution in [0.3, 0.4) is 0 Å². The van der Waals surface area contributed by atoms with Crippen LogP contribution in [0.15, 0.2) is 0 Å². The van der Waals surface area contributed by atoms with E-state index in [1.54, 1.807) is 0 Å². The maximum atomic E-state index is 5.31. The number of rotatable bonds is 6. The SMILES string of the molecule is CCCNCCCC1CCOC1. The fourth-order valence-electron chi connectivity index (χ4n) is 1.63. The van der Waals surface area contributed by atoms with Crippen LogP contribution in [0.4, 0.5) is 0 Å². The van der Waals surface area contributed by atoms with Crippen molar-refractivity contribution in [3.05, 3.63) is 0 Å². The van der Waals surface area contributed by atoms with E-state index in [1.807, 2.05) is 0 Å². The van der Waals surface area contributed by atoms with Crippen molar-refractivity contribution < 1.29 is 4.74 Å². The molecule has 0 saturated carbocycles. The number of hydrogen-bond donors (Lipinski definition) is 1. The Morgan fingerprint density at radius 3 is 3.00 bits per heavy atom. The van der Waals surface area contributed by atoms with Gasteiger partial charge in [-0.25, -0.2) is 0 Å². The fourth-order valence-corrected chi connectivity index (χ4v) is 1.63. The van der Waals surface area contributed by atoms with Crippen molar-refractivity contribution in [1.82, 2.24) is 5.32 Å². The van der Waals surface area contributed by atoms with Gasteiger partial charge in [-0.2, -0.15) is 0 Å². The first-order valence-corrected chi connectivity index (χ1v) is 5.22. The second-order valence-electron chi connectivity index (χ2n) is 3.62. The Morgan fingerprint density at radius 2 is 2.33 bits per heavy atom. The van der Waals surface area contributed by atoms with E-state index in [-0.39, 0.29) is 0 Å². The Labute approximate surface area is 75.7 Å². The molecule has 72 valence electrons. The maximum Gasteiger partial charge on any atom is 0.0495 e. The van der Waals surface area contributed by atoms with Gasteiger partial charge in [-0.1, -0.05) is 6.92 Å². The van der Waals surface area contributed by atoms with Gasteiger partial charge in [0.15, 0.2) is 0 Å². The Balaban J connectivity index is 1.81. The van der Waals surface area contributed by atoms with Crippen molar-refractivity contribution in [1.29, 1.82) is 0 Å². The summed E-state index contributed by atoms with van der Waals surface area (Å²) in [5.74, 6) is 0.855. The summed E-state index contributed by atoms with van der Waals surface area (Å²) in [7, 11) is 0. The molecule has 1 rings (SSSR count). The van der Waals surface area contributed by atoms with Crippen LogP contribution in [-0.2, 0) is 4.74 Å². The highest BCUT2D eigenvalue weighted by molar-refractivity contribution is 4.64. The lowest BCUT2D eigenvalue weighted by molar-refractivity contribution is 0.184. The van der Waals surface area contributed by atoms with Gasteiger partial charge < -0.3 is 10.1 Å². The monoisotopic (exact) mass is 171 g/mol. The molecular weight excluding hydrogens is 150 g/mol. The van der Waals surface area contributed by atoms with Crippen LogP contribution in [0.2, 0.25) is 0 Å².